The van der Waals surface area contributed by atoms with Crippen molar-refractivity contribution in [3.63, 3.8) is 0 Å². The Labute approximate surface area is 78.3 Å². The predicted octanol–water partition coefficient (Wildman–Crippen LogP) is 2.92. The molecule has 0 spiro atoms. The van der Waals surface area contributed by atoms with Crippen molar-refractivity contribution in [2.24, 2.45) is 0 Å². The Kier molecular flexibility index (Phi) is 3.33. The summed E-state index contributed by atoms with van der Waals surface area (Å²) < 4.78 is 53.3. The Hall–Kier alpha value is -1.26. The summed E-state index contributed by atoms with van der Waals surface area (Å²) in [5.41, 5.74) is 0.282. The molecule has 5 heteroatoms. The summed E-state index contributed by atoms with van der Waals surface area (Å²) in [6, 6.07) is 1.66. The molecule has 0 bridgehead atoms. The topological polar surface area (TPSA) is 9.23 Å². The highest BCUT2D eigenvalue weighted by Crippen LogP contribution is 2.21. The van der Waals surface area contributed by atoms with Gasteiger partial charge < -0.3 is 4.74 Å². The first kappa shape index (κ1) is 10.8. The van der Waals surface area contributed by atoms with Crippen LogP contribution >= 0.6 is 0 Å². The van der Waals surface area contributed by atoms with Gasteiger partial charge in [-0.1, -0.05) is 0 Å². The molecule has 0 amide bonds. The molecule has 14 heavy (non-hydrogen) atoms. The van der Waals surface area contributed by atoms with Crippen LogP contribution in [0.15, 0.2) is 12.1 Å². The van der Waals surface area contributed by atoms with E-state index in [2.05, 4.69) is 4.74 Å². The fourth-order valence-corrected chi connectivity index (χ4v) is 0.936. The van der Waals surface area contributed by atoms with Crippen LogP contribution in [0, 0.1) is 18.6 Å². The molecule has 0 saturated carbocycles. The van der Waals surface area contributed by atoms with Crippen LogP contribution in [0.4, 0.5) is 17.6 Å². The molecule has 0 unspecified atom stereocenters. The molecule has 0 radical (unpaired) electrons. The molecule has 1 rings (SSSR count). The van der Waals surface area contributed by atoms with Gasteiger partial charge in [-0.2, -0.15) is 0 Å². The number of ether oxygens (including phenoxy) is 1. The minimum absolute atomic E-state index is 0.0656. The number of hydrogen-bond acceptors (Lipinski definition) is 1. The van der Waals surface area contributed by atoms with Crippen molar-refractivity contribution in [3.8, 4) is 5.75 Å². The monoisotopic (exact) mass is 208 g/mol. The molecule has 0 aromatic heterocycles. The lowest BCUT2D eigenvalue weighted by Gasteiger charge is -2.08. The summed E-state index contributed by atoms with van der Waals surface area (Å²) in [7, 11) is 0. The van der Waals surface area contributed by atoms with E-state index in [-0.39, 0.29) is 11.3 Å². The predicted molar refractivity (Wildman–Crippen MR) is 42.6 cm³/mol. The second kappa shape index (κ2) is 4.30. The lowest BCUT2D eigenvalue weighted by molar-refractivity contribution is 0.0813. The minimum Gasteiger partial charge on any atom is -0.487 e. The van der Waals surface area contributed by atoms with E-state index in [1.165, 1.54) is 6.92 Å². The van der Waals surface area contributed by atoms with Crippen LogP contribution < -0.4 is 4.74 Å². The molecule has 0 aliphatic carbocycles. The van der Waals surface area contributed by atoms with Gasteiger partial charge in [0.25, 0.3) is 6.43 Å². The summed E-state index contributed by atoms with van der Waals surface area (Å²) in [6.07, 6.45) is -2.64. The van der Waals surface area contributed by atoms with Gasteiger partial charge in [0.1, 0.15) is 12.4 Å². The van der Waals surface area contributed by atoms with Gasteiger partial charge in [0.05, 0.1) is 0 Å². The van der Waals surface area contributed by atoms with Crippen LogP contribution in [-0.2, 0) is 0 Å². The van der Waals surface area contributed by atoms with E-state index >= 15 is 0 Å². The molecular weight excluding hydrogens is 200 g/mol. The summed E-state index contributed by atoms with van der Waals surface area (Å²) in [5, 5.41) is 0. The Morgan fingerprint density at radius 2 is 1.79 bits per heavy atom. The van der Waals surface area contributed by atoms with Crippen LogP contribution in [-0.4, -0.2) is 13.0 Å². The van der Waals surface area contributed by atoms with Crippen LogP contribution in [0.1, 0.15) is 5.56 Å². The van der Waals surface area contributed by atoms with Gasteiger partial charge in [0.15, 0.2) is 11.6 Å². The molecule has 0 aliphatic heterocycles. The van der Waals surface area contributed by atoms with Crippen molar-refractivity contribution in [2.45, 2.75) is 13.3 Å². The number of hydrogen-bond donors (Lipinski definition) is 0. The van der Waals surface area contributed by atoms with Crippen LogP contribution in [0.2, 0.25) is 0 Å². The third-order valence-corrected chi connectivity index (χ3v) is 1.58. The van der Waals surface area contributed by atoms with Crippen molar-refractivity contribution in [1.82, 2.24) is 0 Å². The number of benzene rings is 1. The SMILES string of the molecule is Cc1cc(F)c(F)cc1OCC(F)F. The zero-order chi connectivity index (χ0) is 10.7. The zero-order valence-corrected chi connectivity index (χ0v) is 7.36. The Morgan fingerprint density at radius 1 is 1.21 bits per heavy atom. The lowest BCUT2D eigenvalue weighted by atomic mass is 10.2. The third-order valence-electron chi connectivity index (χ3n) is 1.58. The van der Waals surface area contributed by atoms with Crippen LogP contribution in [0.25, 0.3) is 0 Å². The highest BCUT2D eigenvalue weighted by Gasteiger charge is 2.10. The van der Waals surface area contributed by atoms with Gasteiger partial charge in [-0.15, -0.1) is 0 Å². The van der Waals surface area contributed by atoms with Crippen molar-refractivity contribution >= 4 is 0 Å². The van der Waals surface area contributed by atoms with Crippen molar-refractivity contribution in [2.75, 3.05) is 6.61 Å². The number of aryl methyl sites for hydroxylation is 1. The minimum atomic E-state index is -2.64. The summed E-state index contributed by atoms with van der Waals surface area (Å²) in [4.78, 5) is 0. The highest BCUT2D eigenvalue weighted by molar-refractivity contribution is 5.33. The Bertz CT molecular complexity index is 325. The number of rotatable bonds is 3. The van der Waals surface area contributed by atoms with Gasteiger partial charge in [0.2, 0.25) is 0 Å². The average molecular weight is 208 g/mol. The molecule has 0 N–H and O–H groups in total. The fourth-order valence-electron chi connectivity index (χ4n) is 0.936. The van der Waals surface area contributed by atoms with Crippen LogP contribution in [0.5, 0.6) is 5.75 Å². The second-order valence-corrected chi connectivity index (χ2v) is 2.73. The van der Waals surface area contributed by atoms with Gasteiger partial charge >= 0.3 is 0 Å². The van der Waals surface area contributed by atoms with Crippen LogP contribution in [0.3, 0.4) is 0 Å². The van der Waals surface area contributed by atoms with Gasteiger partial charge in [0, 0.05) is 6.07 Å². The molecule has 0 heterocycles. The van der Waals surface area contributed by atoms with E-state index < -0.39 is 24.7 Å². The Balaban J connectivity index is 2.82. The van der Waals surface area contributed by atoms with Gasteiger partial charge in [-0.3, -0.25) is 0 Å². The largest absolute Gasteiger partial charge is 0.487 e. The van der Waals surface area contributed by atoms with Crippen molar-refractivity contribution in [3.05, 3.63) is 29.3 Å². The maximum absolute atomic E-state index is 12.6. The van der Waals surface area contributed by atoms with E-state index in [1.807, 2.05) is 0 Å². The van der Waals surface area contributed by atoms with E-state index in [0.29, 0.717) is 0 Å². The highest BCUT2D eigenvalue weighted by atomic mass is 19.3. The first-order valence-corrected chi connectivity index (χ1v) is 3.87. The maximum atomic E-state index is 12.6. The van der Waals surface area contributed by atoms with E-state index in [4.69, 9.17) is 0 Å². The molecule has 1 nitrogen and oxygen atoms in total. The van der Waals surface area contributed by atoms with E-state index in [0.717, 1.165) is 12.1 Å². The van der Waals surface area contributed by atoms with Gasteiger partial charge in [-0.25, -0.2) is 17.6 Å². The molecule has 1 aromatic rings. The quantitative estimate of drug-likeness (QED) is 0.694. The molecule has 78 valence electrons. The standard InChI is InChI=1S/C9H8F4O/c1-5-2-6(10)7(11)3-8(5)14-4-9(12)13/h2-3,9H,4H2,1H3. The average Bonchev–Trinajstić information content (AvgIpc) is 2.09. The van der Waals surface area contributed by atoms with Crippen molar-refractivity contribution < 1.29 is 22.3 Å². The normalized spacial score (nSPS) is 10.7. The molecule has 0 atom stereocenters. The molecule has 0 aliphatic rings. The second-order valence-electron chi connectivity index (χ2n) is 2.73. The summed E-state index contributed by atoms with van der Waals surface area (Å²) in [6.45, 7) is 0.620. The number of alkyl halides is 2. The zero-order valence-electron chi connectivity index (χ0n) is 7.36. The lowest BCUT2D eigenvalue weighted by Crippen LogP contribution is -2.08. The van der Waals surface area contributed by atoms with E-state index in [1.54, 1.807) is 0 Å². The third kappa shape index (κ3) is 2.61. The molecule has 0 saturated heterocycles. The smallest absolute Gasteiger partial charge is 0.272 e. The molecule has 0 fully saturated rings. The molecular formula is C9H8F4O. The maximum Gasteiger partial charge on any atom is 0.272 e. The van der Waals surface area contributed by atoms with Gasteiger partial charge in [-0.05, 0) is 18.6 Å². The van der Waals surface area contributed by atoms with E-state index in [9.17, 15) is 17.6 Å². The summed E-state index contributed by atoms with van der Waals surface area (Å²) >= 11 is 0. The first-order valence-electron chi connectivity index (χ1n) is 3.87. The molecule has 1 aromatic carbocycles. The Morgan fingerprint density at radius 3 is 2.36 bits per heavy atom. The number of halogens is 4. The van der Waals surface area contributed by atoms with Crippen molar-refractivity contribution in [1.29, 1.82) is 0 Å². The summed E-state index contributed by atoms with van der Waals surface area (Å²) in [5.74, 6) is -2.20. The fraction of sp³-hybridized carbons (Fsp3) is 0.333. The first-order chi connectivity index (χ1) is 6.50.